The van der Waals surface area contributed by atoms with Gasteiger partial charge in [-0.3, -0.25) is 9.78 Å². The van der Waals surface area contributed by atoms with Gasteiger partial charge in [0.15, 0.2) is 0 Å². The number of rotatable bonds is 5. The van der Waals surface area contributed by atoms with E-state index in [4.69, 9.17) is 11.6 Å². The predicted octanol–water partition coefficient (Wildman–Crippen LogP) is 2.48. The third-order valence-corrected chi connectivity index (χ3v) is 2.66. The first-order chi connectivity index (χ1) is 7.69. The molecule has 1 amide bonds. The molecule has 4 heteroatoms. The van der Waals surface area contributed by atoms with Gasteiger partial charge >= 0.3 is 0 Å². The summed E-state index contributed by atoms with van der Waals surface area (Å²) in [6.45, 7) is 5.27. The summed E-state index contributed by atoms with van der Waals surface area (Å²) in [5.74, 6) is 0.607. The number of nitrogens with zero attached hydrogens (tertiary/aromatic N) is 2. The topological polar surface area (TPSA) is 33.2 Å². The van der Waals surface area contributed by atoms with E-state index in [9.17, 15) is 4.79 Å². The van der Waals surface area contributed by atoms with Crippen molar-refractivity contribution in [2.24, 2.45) is 0 Å². The molecule has 0 aromatic carbocycles. The molecule has 1 heterocycles. The van der Waals surface area contributed by atoms with Gasteiger partial charge in [0.05, 0.1) is 5.56 Å². The van der Waals surface area contributed by atoms with Crippen LogP contribution in [0.5, 0.6) is 0 Å². The van der Waals surface area contributed by atoms with E-state index in [1.165, 1.54) is 0 Å². The van der Waals surface area contributed by atoms with Crippen LogP contribution in [0.15, 0.2) is 18.3 Å². The fourth-order valence-electron chi connectivity index (χ4n) is 1.43. The largest absolute Gasteiger partial charge is 0.339 e. The number of alkyl halides is 1. The van der Waals surface area contributed by atoms with Crippen molar-refractivity contribution in [3.63, 3.8) is 0 Å². The van der Waals surface area contributed by atoms with Crippen LogP contribution in [0.1, 0.15) is 29.4 Å². The van der Waals surface area contributed by atoms with Gasteiger partial charge in [0.25, 0.3) is 5.91 Å². The monoisotopic (exact) mass is 240 g/mol. The van der Waals surface area contributed by atoms with Crippen LogP contribution in [-0.2, 0) is 0 Å². The van der Waals surface area contributed by atoms with E-state index in [0.29, 0.717) is 24.5 Å². The molecule has 0 bridgehead atoms. The first-order valence-electron chi connectivity index (χ1n) is 5.47. The zero-order chi connectivity index (χ0) is 12.0. The Morgan fingerprint density at radius 3 is 2.75 bits per heavy atom. The summed E-state index contributed by atoms with van der Waals surface area (Å²) in [4.78, 5) is 17.9. The average molecular weight is 241 g/mol. The summed E-state index contributed by atoms with van der Waals surface area (Å²) in [7, 11) is 0. The van der Waals surface area contributed by atoms with Crippen LogP contribution < -0.4 is 0 Å². The number of aromatic nitrogens is 1. The zero-order valence-corrected chi connectivity index (χ0v) is 10.5. The standard InChI is InChI=1S/C12H17ClN2O/c1-3-15(8-4-7-13)12(16)11-6-5-10(2)14-9-11/h5-6,9H,3-4,7-8H2,1-2H3. The normalized spacial score (nSPS) is 10.2. The van der Waals surface area contributed by atoms with Crippen molar-refractivity contribution in [1.82, 2.24) is 9.88 Å². The Balaban J connectivity index is 2.70. The molecule has 88 valence electrons. The van der Waals surface area contributed by atoms with Gasteiger partial charge in [0.1, 0.15) is 0 Å². The van der Waals surface area contributed by atoms with Crippen LogP contribution in [0.3, 0.4) is 0 Å². The molecule has 1 rings (SSSR count). The van der Waals surface area contributed by atoms with E-state index in [1.54, 1.807) is 11.1 Å². The van der Waals surface area contributed by atoms with Crippen molar-refractivity contribution < 1.29 is 4.79 Å². The maximum Gasteiger partial charge on any atom is 0.255 e. The molecule has 0 aliphatic rings. The van der Waals surface area contributed by atoms with Gasteiger partial charge in [-0.15, -0.1) is 11.6 Å². The molecule has 0 saturated heterocycles. The number of halogens is 1. The lowest BCUT2D eigenvalue weighted by molar-refractivity contribution is 0.0764. The number of hydrogen-bond donors (Lipinski definition) is 0. The van der Waals surface area contributed by atoms with E-state index in [2.05, 4.69) is 4.98 Å². The van der Waals surface area contributed by atoms with Crippen LogP contribution in [-0.4, -0.2) is 34.8 Å². The van der Waals surface area contributed by atoms with E-state index in [0.717, 1.165) is 12.1 Å². The second-order valence-electron chi connectivity index (χ2n) is 3.62. The van der Waals surface area contributed by atoms with Crippen molar-refractivity contribution in [2.75, 3.05) is 19.0 Å². The van der Waals surface area contributed by atoms with Crippen molar-refractivity contribution in [3.8, 4) is 0 Å². The lowest BCUT2D eigenvalue weighted by atomic mass is 10.2. The molecule has 0 aliphatic carbocycles. The second kappa shape index (κ2) is 6.48. The minimum absolute atomic E-state index is 0.0279. The van der Waals surface area contributed by atoms with Gasteiger partial charge in [-0.2, -0.15) is 0 Å². The van der Waals surface area contributed by atoms with E-state index >= 15 is 0 Å². The van der Waals surface area contributed by atoms with Gasteiger partial charge in [0.2, 0.25) is 0 Å². The van der Waals surface area contributed by atoms with Gasteiger partial charge in [0, 0.05) is 30.9 Å². The van der Waals surface area contributed by atoms with Crippen LogP contribution >= 0.6 is 11.6 Å². The number of amides is 1. The van der Waals surface area contributed by atoms with Gasteiger partial charge in [-0.25, -0.2) is 0 Å². The summed E-state index contributed by atoms with van der Waals surface area (Å²) < 4.78 is 0. The zero-order valence-electron chi connectivity index (χ0n) is 9.74. The molecule has 0 spiro atoms. The molecule has 1 aromatic rings. The Labute approximate surface area is 101 Å². The molecular weight excluding hydrogens is 224 g/mol. The molecule has 0 N–H and O–H groups in total. The van der Waals surface area contributed by atoms with Crippen LogP contribution in [0, 0.1) is 6.92 Å². The molecule has 1 aromatic heterocycles. The highest BCUT2D eigenvalue weighted by atomic mass is 35.5. The molecule has 0 saturated carbocycles. The van der Waals surface area contributed by atoms with E-state index in [1.807, 2.05) is 26.0 Å². The van der Waals surface area contributed by atoms with Crippen molar-refractivity contribution in [2.45, 2.75) is 20.3 Å². The Morgan fingerprint density at radius 1 is 1.50 bits per heavy atom. The highest BCUT2D eigenvalue weighted by Crippen LogP contribution is 2.05. The van der Waals surface area contributed by atoms with Crippen LogP contribution in [0.4, 0.5) is 0 Å². The number of aryl methyl sites for hydroxylation is 1. The highest BCUT2D eigenvalue weighted by Gasteiger charge is 2.13. The molecule has 0 aliphatic heterocycles. The van der Waals surface area contributed by atoms with Crippen molar-refractivity contribution >= 4 is 17.5 Å². The first kappa shape index (κ1) is 13.0. The van der Waals surface area contributed by atoms with Gasteiger partial charge in [-0.1, -0.05) is 0 Å². The molecule has 0 radical (unpaired) electrons. The van der Waals surface area contributed by atoms with Crippen molar-refractivity contribution in [1.29, 1.82) is 0 Å². The third kappa shape index (κ3) is 3.49. The minimum atomic E-state index is 0.0279. The first-order valence-corrected chi connectivity index (χ1v) is 6.00. The Bertz CT molecular complexity index is 337. The maximum atomic E-state index is 12.0. The minimum Gasteiger partial charge on any atom is -0.339 e. The Hall–Kier alpha value is -1.09. The van der Waals surface area contributed by atoms with Crippen molar-refractivity contribution in [3.05, 3.63) is 29.6 Å². The summed E-state index contributed by atoms with van der Waals surface area (Å²) in [6.07, 6.45) is 2.45. The van der Waals surface area contributed by atoms with Crippen LogP contribution in [0.2, 0.25) is 0 Å². The van der Waals surface area contributed by atoms with Gasteiger partial charge in [-0.05, 0) is 32.4 Å². The number of carbonyl (C=O) groups excluding carboxylic acids is 1. The summed E-state index contributed by atoms with van der Waals surface area (Å²) in [5.41, 5.74) is 1.56. The number of pyridine rings is 1. The van der Waals surface area contributed by atoms with E-state index in [-0.39, 0.29) is 5.91 Å². The lowest BCUT2D eigenvalue weighted by Crippen LogP contribution is -2.32. The Morgan fingerprint density at radius 2 is 2.25 bits per heavy atom. The van der Waals surface area contributed by atoms with Gasteiger partial charge < -0.3 is 4.90 Å². The quantitative estimate of drug-likeness (QED) is 0.741. The highest BCUT2D eigenvalue weighted by molar-refractivity contribution is 6.17. The maximum absolute atomic E-state index is 12.0. The molecule has 3 nitrogen and oxygen atoms in total. The molecule has 0 unspecified atom stereocenters. The summed E-state index contributed by atoms with van der Waals surface area (Å²) in [5, 5.41) is 0. The SMILES string of the molecule is CCN(CCCCl)C(=O)c1ccc(C)nc1. The fraction of sp³-hybridized carbons (Fsp3) is 0.500. The Kier molecular flexibility index (Phi) is 5.26. The fourth-order valence-corrected chi connectivity index (χ4v) is 1.55. The second-order valence-corrected chi connectivity index (χ2v) is 3.99. The molecule has 0 atom stereocenters. The predicted molar refractivity (Wildman–Crippen MR) is 65.9 cm³/mol. The number of hydrogen-bond acceptors (Lipinski definition) is 2. The lowest BCUT2D eigenvalue weighted by Gasteiger charge is -2.20. The third-order valence-electron chi connectivity index (χ3n) is 2.39. The van der Waals surface area contributed by atoms with E-state index < -0.39 is 0 Å². The average Bonchev–Trinajstić information content (AvgIpc) is 2.30. The number of carbonyl (C=O) groups is 1. The molecular formula is C12H17ClN2O. The summed E-state index contributed by atoms with van der Waals surface area (Å²) >= 11 is 5.62. The smallest absolute Gasteiger partial charge is 0.255 e. The summed E-state index contributed by atoms with van der Waals surface area (Å²) in [6, 6.07) is 3.66. The van der Waals surface area contributed by atoms with Crippen LogP contribution in [0.25, 0.3) is 0 Å². The molecule has 16 heavy (non-hydrogen) atoms. The molecule has 0 fully saturated rings.